The molecular weight excluding hydrogens is 285 g/mol. The second-order valence-corrected chi connectivity index (χ2v) is 6.58. The molecule has 0 saturated carbocycles. The van der Waals surface area contributed by atoms with E-state index in [-0.39, 0.29) is 30.1 Å². The third-order valence-corrected chi connectivity index (χ3v) is 5.40. The Labute approximate surface area is 116 Å². The van der Waals surface area contributed by atoms with Crippen molar-refractivity contribution < 1.29 is 17.6 Å². The Morgan fingerprint density at radius 1 is 1.45 bits per heavy atom. The maximum Gasteiger partial charge on any atom is 0.243 e. The first kappa shape index (κ1) is 14.9. The topological polar surface area (TPSA) is 106 Å². The molecule has 0 bridgehead atoms. The summed E-state index contributed by atoms with van der Waals surface area (Å²) >= 11 is 0. The van der Waals surface area contributed by atoms with Gasteiger partial charge in [-0.1, -0.05) is 6.07 Å². The third-order valence-electron chi connectivity index (χ3n) is 3.45. The molecule has 1 atom stereocenters. The second kappa shape index (κ2) is 5.47. The van der Waals surface area contributed by atoms with Crippen LogP contribution in [0.3, 0.4) is 0 Å². The fourth-order valence-corrected chi connectivity index (χ4v) is 4.04. The Morgan fingerprint density at radius 3 is 2.70 bits per heavy atom. The number of rotatable bonds is 4. The highest BCUT2D eigenvalue weighted by Crippen LogP contribution is 2.27. The summed E-state index contributed by atoms with van der Waals surface area (Å²) in [5.41, 5.74) is 10.6. The predicted molar refractivity (Wildman–Crippen MR) is 70.4 cm³/mol. The molecule has 1 heterocycles. The second-order valence-electron chi connectivity index (χ2n) is 4.67. The molecule has 8 heteroatoms. The molecule has 1 fully saturated rings. The fraction of sp³-hybridized carbons (Fsp3) is 0.417. The van der Waals surface area contributed by atoms with Crippen LogP contribution < -0.4 is 11.5 Å². The van der Waals surface area contributed by atoms with Gasteiger partial charge in [-0.15, -0.1) is 0 Å². The summed E-state index contributed by atoms with van der Waals surface area (Å²) in [6.07, 6.45) is 0.377. The van der Waals surface area contributed by atoms with Crippen LogP contribution in [0.2, 0.25) is 0 Å². The Hall–Kier alpha value is -1.51. The van der Waals surface area contributed by atoms with Crippen LogP contribution in [0.4, 0.5) is 4.39 Å². The molecule has 110 valence electrons. The highest BCUT2D eigenvalue weighted by atomic mass is 32.2. The molecule has 1 aromatic carbocycles. The van der Waals surface area contributed by atoms with Gasteiger partial charge in [-0.05, 0) is 18.6 Å². The number of hydrogen-bond donors (Lipinski definition) is 2. The average Bonchev–Trinajstić information content (AvgIpc) is 2.88. The monoisotopic (exact) mass is 301 g/mol. The van der Waals surface area contributed by atoms with Gasteiger partial charge in [0.25, 0.3) is 0 Å². The van der Waals surface area contributed by atoms with Crippen molar-refractivity contribution in [1.82, 2.24) is 4.31 Å². The lowest BCUT2D eigenvalue weighted by molar-refractivity contribution is -0.121. The molecule has 1 unspecified atom stereocenters. The third kappa shape index (κ3) is 2.54. The molecule has 2 rings (SSSR count). The first-order chi connectivity index (χ1) is 9.37. The van der Waals surface area contributed by atoms with Gasteiger partial charge >= 0.3 is 0 Å². The SMILES string of the molecule is NCc1c(F)cccc1S(=O)(=O)N1CCC(C(N)=O)C1. The summed E-state index contributed by atoms with van der Waals surface area (Å²) in [5.74, 6) is -1.68. The van der Waals surface area contributed by atoms with Gasteiger partial charge in [0.2, 0.25) is 15.9 Å². The Bertz CT molecular complexity index is 633. The summed E-state index contributed by atoms with van der Waals surface area (Å²) in [7, 11) is -3.86. The van der Waals surface area contributed by atoms with Gasteiger partial charge in [0, 0.05) is 25.2 Å². The van der Waals surface area contributed by atoms with E-state index in [0.29, 0.717) is 6.42 Å². The van der Waals surface area contributed by atoms with Crippen LogP contribution in [0.5, 0.6) is 0 Å². The number of nitrogens with two attached hydrogens (primary N) is 2. The van der Waals surface area contributed by atoms with E-state index in [9.17, 15) is 17.6 Å². The number of primary amides is 1. The lowest BCUT2D eigenvalue weighted by atomic mass is 10.1. The van der Waals surface area contributed by atoms with Crippen molar-refractivity contribution in [3.05, 3.63) is 29.6 Å². The van der Waals surface area contributed by atoms with Crippen molar-refractivity contribution in [3.63, 3.8) is 0 Å². The van der Waals surface area contributed by atoms with Crippen molar-refractivity contribution in [2.75, 3.05) is 13.1 Å². The van der Waals surface area contributed by atoms with Gasteiger partial charge < -0.3 is 11.5 Å². The lowest BCUT2D eigenvalue weighted by Gasteiger charge is -2.18. The van der Waals surface area contributed by atoms with E-state index in [2.05, 4.69) is 0 Å². The highest BCUT2D eigenvalue weighted by Gasteiger charge is 2.36. The van der Waals surface area contributed by atoms with E-state index in [1.807, 2.05) is 0 Å². The zero-order valence-electron chi connectivity index (χ0n) is 10.8. The van der Waals surface area contributed by atoms with Crippen molar-refractivity contribution in [1.29, 1.82) is 0 Å². The Balaban J connectivity index is 2.37. The molecule has 1 amide bonds. The standard InChI is InChI=1S/C12H16FN3O3S/c13-10-2-1-3-11(9(10)6-14)20(18,19)16-5-4-8(7-16)12(15)17/h1-3,8H,4-7,14H2,(H2,15,17). The minimum absolute atomic E-state index is 0.0260. The molecule has 1 aromatic rings. The summed E-state index contributed by atoms with van der Waals surface area (Å²) in [6.45, 7) is 0.00296. The lowest BCUT2D eigenvalue weighted by Crippen LogP contribution is -2.32. The van der Waals surface area contributed by atoms with Crippen LogP contribution >= 0.6 is 0 Å². The van der Waals surface area contributed by atoms with Crippen LogP contribution in [0, 0.1) is 11.7 Å². The Morgan fingerprint density at radius 2 is 2.15 bits per heavy atom. The van der Waals surface area contributed by atoms with E-state index < -0.39 is 27.7 Å². The molecule has 0 spiro atoms. The van der Waals surface area contributed by atoms with Gasteiger partial charge in [0.1, 0.15) is 5.82 Å². The predicted octanol–water partition coefficient (Wildman–Crippen LogP) is -0.220. The molecule has 0 aromatic heterocycles. The van der Waals surface area contributed by atoms with Crippen molar-refractivity contribution >= 4 is 15.9 Å². The highest BCUT2D eigenvalue weighted by molar-refractivity contribution is 7.89. The van der Waals surface area contributed by atoms with Crippen LogP contribution in [-0.4, -0.2) is 31.7 Å². The quantitative estimate of drug-likeness (QED) is 0.801. The minimum Gasteiger partial charge on any atom is -0.369 e. The zero-order chi connectivity index (χ0) is 14.9. The van der Waals surface area contributed by atoms with Gasteiger partial charge in [-0.2, -0.15) is 4.31 Å². The number of benzene rings is 1. The van der Waals surface area contributed by atoms with E-state index in [1.54, 1.807) is 0 Å². The number of hydrogen-bond acceptors (Lipinski definition) is 4. The molecule has 1 saturated heterocycles. The summed E-state index contributed by atoms with van der Waals surface area (Å²) < 4.78 is 39.8. The van der Waals surface area contributed by atoms with E-state index in [0.717, 1.165) is 10.4 Å². The maximum absolute atomic E-state index is 13.6. The first-order valence-corrected chi connectivity index (χ1v) is 7.59. The number of nitrogens with zero attached hydrogens (tertiary/aromatic N) is 1. The molecule has 6 nitrogen and oxygen atoms in total. The van der Waals surface area contributed by atoms with E-state index >= 15 is 0 Å². The van der Waals surface area contributed by atoms with Crippen LogP contribution in [0.1, 0.15) is 12.0 Å². The first-order valence-electron chi connectivity index (χ1n) is 6.15. The molecule has 20 heavy (non-hydrogen) atoms. The summed E-state index contributed by atoms with van der Waals surface area (Å²) in [5, 5.41) is 0. The number of halogens is 1. The van der Waals surface area contributed by atoms with E-state index in [1.165, 1.54) is 12.1 Å². The summed E-state index contributed by atoms with van der Waals surface area (Å²) in [4.78, 5) is 11.0. The smallest absolute Gasteiger partial charge is 0.243 e. The van der Waals surface area contributed by atoms with E-state index in [4.69, 9.17) is 11.5 Å². The van der Waals surface area contributed by atoms with Gasteiger partial charge in [-0.25, -0.2) is 12.8 Å². The largest absolute Gasteiger partial charge is 0.369 e. The van der Waals surface area contributed by atoms with Crippen LogP contribution in [-0.2, 0) is 21.4 Å². The molecule has 1 aliphatic rings. The molecule has 0 radical (unpaired) electrons. The van der Waals surface area contributed by atoms with Gasteiger partial charge in [0.15, 0.2) is 0 Å². The Kier molecular flexibility index (Phi) is 4.07. The van der Waals surface area contributed by atoms with Crippen LogP contribution in [0.25, 0.3) is 0 Å². The van der Waals surface area contributed by atoms with Gasteiger partial charge in [-0.3, -0.25) is 4.79 Å². The average molecular weight is 301 g/mol. The zero-order valence-corrected chi connectivity index (χ0v) is 11.6. The van der Waals surface area contributed by atoms with Crippen LogP contribution in [0.15, 0.2) is 23.1 Å². The number of carbonyl (C=O) groups excluding carboxylic acids is 1. The molecule has 1 aliphatic heterocycles. The molecule has 4 N–H and O–H groups in total. The van der Waals surface area contributed by atoms with Crippen molar-refractivity contribution in [3.8, 4) is 0 Å². The molecular formula is C12H16FN3O3S. The fourth-order valence-electron chi connectivity index (χ4n) is 2.30. The number of amides is 1. The summed E-state index contributed by atoms with van der Waals surface area (Å²) in [6, 6.07) is 3.80. The maximum atomic E-state index is 13.6. The number of carbonyl (C=O) groups is 1. The number of sulfonamides is 1. The molecule has 0 aliphatic carbocycles. The van der Waals surface area contributed by atoms with Gasteiger partial charge in [0.05, 0.1) is 10.8 Å². The van der Waals surface area contributed by atoms with Crippen molar-refractivity contribution in [2.24, 2.45) is 17.4 Å². The minimum atomic E-state index is -3.86. The normalized spacial score (nSPS) is 20.2. The van der Waals surface area contributed by atoms with Crippen molar-refractivity contribution in [2.45, 2.75) is 17.9 Å².